The van der Waals surface area contributed by atoms with Crippen molar-refractivity contribution in [2.45, 2.75) is 89.5 Å². The molecule has 1 N–H and O–H groups in total. The molecule has 0 aromatic heterocycles. The van der Waals surface area contributed by atoms with Crippen molar-refractivity contribution in [3.63, 3.8) is 0 Å². The largest absolute Gasteiger partial charge is 0.463 e. The van der Waals surface area contributed by atoms with E-state index in [9.17, 15) is 9.90 Å². The van der Waals surface area contributed by atoms with Gasteiger partial charge in [0.2, 0.25) is 0 Å². The Morgan fingerprint density at radius 1 is 1.23 bits per heavy atom. The second-order valence-electron chi connectivity index (χ2n) is 8.72. The number of carbonyl (C=O) groups excluding carboxylic acids is 1. The van der Waals surface area contributed by atoms with Crippen LogP contribution in [0.25, 0.3) is 0 Å². The molecule has 5 heteroatoms. The number of benzene rings is 1. The van der Waals surface area contributed by atoms with E-state index >= 15 is 0 Å². The van der Waals surface area contributed by atoms with Crippen LogP contribution in [0.3, 0.4) is 0 Å². The third kappa shape index (κ3) is 7.91. The summed E-state index contributed by atoms with van der Waals surface area (Å²) in [4.78, 5) is 11.6. The Hall–Kier alpha value is -1.95. The molecule has 31 heavy (non-hydrogen) atoms. The van der Waals surface area contributed by atoms with Crippen molar-refractivity contribution in [2.75, 3.05) is 0 Å². The van der Waals surface area contributed by atoms with E-state index in [4.69, 9.17) is 14.2 Å². The lowest BCUT2D eigenvalue weighted by atomic mass is 9.84. The van der Waals surface area contributed by atoms with E-state index in [1.807, 2.05) is 44.2 Å². The first kappa shape index (κ1) is 23.7. The van der Waals surface area contributed by atoms with Gasteiger partial charge in [0, 0.05) is 18.8 Å². The van der Waals surface area contributed by atoms with Crippen LogP contribution in [-0.4, -0.2) is 41.8 Å². The number of carbonyl (C=O) groups is 1. The van der Waals surface area contributed by atoms with Gasteiger partial charge >= 0.3 is 5.97 Å². The molecule has 2 bridgehead atoms. The van der Waals surface area contributed by atoms with Crippen molar-refractivity contribution in [3.05, 3.63) is 60.2 Å². The number of hydrogen-bond donors (Lipinski definition) is 1. The summed E-state index contributed by atoms with van der Waals surface area (Å²) >= 11 is 0. The van der Waals surface area contributed by atoms with Gasteiger partial charge in [-0.05, 0) is 51.5 Å². The SMILES string of the molecule is CC(C)OC(=O)CCC/C=C/CC1C(/C=C/C(O)CCc2ccccc2)OC2CC1O2. The highest BCUT2D eigenvalue weighted by Gasteiger charge is 2.46. The molecule has 170 valence electrons. The maximum atomic E-state index is 11.6. The first-order valence-corrected chi connectivity index (χ1v) is 11.6. The minimum atomic E-state index is -0.482. The lowest BCUT2D eigenvalue weighted by Gasteiger charge is -2.49. The van der Waals surface area contributed by atoms with Crippen LogP contribution in [0, 0.1) is 5.92 Å². The molecule has 0 amide bonds. The predicted molar refractivity (Wildman–Crippen MR) is 120 cm³/mol. The lowest BCUT2D eigenvalue weighted by Crippen LogP contribution is -2.55. The fourth-order valence-corrected chi connectivity index (χ4v) is 4.05. The number of aryl methyl sites for hydroxylation is 1. The number of hydrogen-bond acceptors (Lipinski definition) is 5. The summed E-state index contributed by atoms with van der Waals surface area (Å²) in [6.45, 7) is 3.73. The Bertz CT molecular complexity index is 721. The standard InChI is InChI=1S/C26H36O5/c1-19(2)29-25(28)13-9-4-3-8-12-22-23(30-26-18-24(22)31-26)17-16-21(27)15-14-20-10-6-5-7-11-20/h3,5-8,10-11,16-17,19,21-24,26-27H,4,9,12-15,18H2,1-2H3/b8-3+,17-16+. The van der Waals surface area contributed by atoms with Crippen molar-refractivity contribution in [1.29, 1.82) is 0 Å². The number of allylic oxidation sites excluding steroid dienone is 2. The Morgan fingerprint density at radius 2 is 2.00 bits per heavy atom. The number of aliphatic hydroxyl groups is 1. The molecule has 3 aliphatic rings. The molecule has 1 aromatic carbocycles. The number of aliphatic hydroxyl groups excluding tert-OH is 1. The van der Waals surface area contributed by atoms with Gasteiger partial charge in [-0.2, -0.15) is 0 Å². The van der Waals surface area contributed by atoms with Crippen molar-refractivity contribution in [2.24, 2.45) is 5.92 Å². The van der Waals surface area contributed by atoms with E-state index in [0.717, 1.165) is 32.1 Å². The van der Waals surface area contributed by atoms with E-state index in [-0.39, 0.29) is 36.5 Å². The maximum Gasteiger partial charge on any atom is 0.306 e. The van der Waals surface area contributed by atoms with E-state index in [1.165, 1.54) is 5.56 Å². The minimum absolute atomic E-state index is 0.0328. The van der Waals surface area contributed by atoms with Gasteiger partial charge in [0.15, 0.2) is 6.29 Å². The van der Waals surface area contributed by atoms with Gasteiger partial charge in [0.05, 0.1) is 24.4 Å². The summed E-state index contributed by atoms with van der Waals surface area (Å²) in [6, 6.07) is 10.2. The van der Waals surface area contributed by atoms with Crippen molar-refractivity contribution >= 4 is 5.97 Å². The summed E-state index contributed by atoms with van der Waals surface area (Å²) in [7, 11) is 0. The fourth-order valence-electron chi connectivity index (χ4n) is 4.05. The third-order valence-corrected chi connectivity index (χ3v) is 5.75. The van der Waals surface area contributed by atoms with Crippen LogP contribution in [-0.2, 0) is 25.4 Å². The second-order valence-corrected chi connectivity index (χ2v) is 8.72. The van der Waals surface area contributed by atoms with Gasteiger partial charge in [-0.25, -0.2) is 0 Å². The minimum Gasteiger partial charge on any atom is -0.463 e. The molecule has 0 radical (unpaired) electrons. The number of fused-ring (bicyclic) bond motifs is 2. The molecule has 4 rings (SSSR count). The Kier molecular flexibility index (Phi) is 9.31. The van der Waals surface area contributed by atoms with Crippen LogP contribution in [0.2, 0.25) is 0 Å². The van der Waals surface area contributed by atoms with Crippen LogP contribution in [0.15, 0.2) is 54.6 Å². The summed E-state index contributed by atoms with van der Waals surface area (Å²) < 4.78 is 16.9. The molecule has 0 aliphatic carbocycles. The fraction of sp³-hybridized carbons (Fsp3) is 0.577. The smallest absolute Gasteiger partial charge is 0.306 e. The molecular weight excluding hydrogens is 392 g/mol. The van der Waals surface area contributed by atoms with E-state index in [1.54, 1.807) is 0 Å². The van der Waals surface area contributed by atoms with Gasteiger partial charge in [0.25, 0.3) is 0 Å². The van der Waals surface area contributed by atoms with Crippen LogP contribution in [0.5, 0.6) is 0 Å². The number of ether oxygens (including phenoxy) is 3. The van der Waals surface area contributed by atoms with Gasteiger partial charge in [-0.1, -0.05) is 54.6 Å². The van der Waals surface area contributed by atoms with Gasteiger partial charge in [-0.15, -0.1) is 0 Å². The van der Waals surface area contributed by atoms with Gasteiger partial charge in [0.1, 0.15) is 0 Å². The zero-order valence-corrected chi connectivity index (χ0v) is 18.7. The molecule has 0 saturated carbocycles. The van der Waals surface area contributed by atoms with Crippen molar-refractivity contribution in [3.8, 4) is 0 Å². The maximum absolute atomic E-state index is 11.6. The molecule has 3 fully saturated rings. The first-order valence-electron chi connectivity index (χ1n) is 11.6. The molecule has 5 unspecified atom stereocenters. The monoisotopic (exact) mass is 428 g/mol. The topological polar surface area (TPSA) is 65.0 Å². The average Bonchev–Trinajstić information content (AvgIpc) is 2.73. The predicted octanol–water partition coefficient (Wildman–Crippen LogP) is 4.73. The van der Waals surface area contributed by atoms with E-state index in [0.29, 0.717) is 12.8 Å². The van der Waals surface area contributed by atoms with Crippen molar-refractivity contribution < 1.29 is 24.1 Å². The molecule has 1 aromatic rings. The molecule has 3 aliphatic heterocycles. The highest BCUT2D eigenvalue weighted by atomic mass is 16.7. The van der Waals surface area contributed by atoms with E-state index < -0.39 is 6.10 Å². The first-order chi connectivity index (χ1) is 15.0. The van der Waals surface area contributed by atoms with Crippen LogP contribution < -0.4 is 0 Å². The van der Waals surface area contributed by atoms with Crippen LogP contribution >= 0.6 is 0 Å². The Balaban J connectivity index is 1.40. The summed E-state index contributed by atoms with van der Waals surface area (Å²) in [5.74, 6) is 0.124. The zero-order chi connectivity index (χ0) is 22.1. The number of rotatable bonds is 12. The van der Waals surface area contributed by atoms with E-state index in [2.05, 4.69) is 24.3 Å². The summed E-state index contributed by atoms with van der Waals surface area (Å²) in [5.41, 5.74) is 1.24. The molecular formula is C26H36O5. The zero-order valence-electron chi connectivity index (χ0n) is 18.7. The van der Waals surface area contributed by atoms with Crippen LogP contribution in [0.1, 0.15) is 57.9 Å². The normalized spacial score (nSPS) is 26.3. The Labute approximate surface area is 186 Å². The highest BCUT2D eigenvalue weighted by molar-refractivity contribution is 5.69. The summed E-state index contributed by atoms with van der Waals surface area (Å²) in [6.07, 6.45) is 13.2. The highest BCUT2D eigenvalue weighted by Crippen LogP contribution is 2.40. The molecule has 3 saturated heterocycles. The molecule has 0 spiro atoms. The molecule has 3 heterocycles. The second kappa shape index (κ2) is 12.2. The molecule has 5 nitrogen and oxygen atoms in total. The molecule has 5 atom stereocenters. The summed E-state index contributed by atoms with van der Waals surface area (Å²) in [5, 5.41) is 10.4. The van der Waals surface area contributed by atoms with Gasteiger partial charge in [-0.3, -0.25) is 4.79 Å². The lowest BCUT2D eigenvalue weighted by molar-refractivity contribution is -0.337. The number of unbranched alkanes of at least 4 members (excludes halogenated alkanes) is 1. The quantitative estimate of drug-likeness (QED) is 0.296. The number of esters is 1. The third-order valence-electron chi connectivity index (χ3n) is 5.75. The average molecular weight is 429 g/mol. The van der Waals surface area contributed by atoms with Gasteiger partial charge < -0.3 is 19.3 Å². The van der Waals surface area contributed by atoms with Crippen molar-refractivity contribution in [1.82, 2.24) is 0 Å². The Morgan fingerprint density at radius 3 is 2.74 bits per heavy atom. The van der Waals surface area contributed by atoms with Crippen LogP contribution in [0.4, 0.5) is 0 Å².